The van der Waals surface area contributed by atoms with Crippen molar-refractivity contribution in [2.24, 2.45) is 0 Å². The summed E-state index contributed by atoms with van der Waals surface area (Å²) >= 11 is 0. The predicted molar refractivity (Wildman–Crippen MR) is 107 cm³/mol. The maximum absolute atomic E-state index is 12.8. The number of aromatic hydroxyl groups is 1. The Morgan fingerprint density at radius 3 is 2.93 bits per heavy atom. The molecule has 1 aliphatic carbocycles. The normalized spacial score (nSPS) is 19.4. The van der Waals surface area contributed by atoms with Crippen molar-refractivity contribution in [2.75, 3.05) is 5.32 Å². The molecule has 0 radical (unpaired) electrons. The highest BCUT2D eigenvalue weighted by molar-refractivity contribution is 6.01. The summed E-state index contributed by atoms with van der Waals surface area (Å²) in [6.45, 7) is 0. The zero-order valence-corrected chi connectivity index (χ0v) is 15.3. The summed E-state index contributed by atoms with van der Waals surface area (Å²) in [7, 11) is 0. The number of rotatable bonds is 2. The second kappa shape index (κ2) is 6.41. The minimum Gasteiger partial charge on any atom is -0.508 e. The molecular formula is C22H21N3O3. The van der Waals surface area contributed by atoms with E-state index in [2.05, 4.69) is 15.6 Å². The first-order valence-corrected chi connectivity index (χ1v) is 9.54. The molecule has 1 aromatic heterocycles. The number of phenols is 1. The molecule has 2 amide bonds. The quantitative estimate of drug-likeness (QED) is 0.615. The van der Waals surface area contributed by atoms with Crippen molar-refractivity contribution in [1.82, 2.24) is 10.3 Å². The molecule has 142 valence electrons. The van der Waals surface area contributed by atoms with Crippen LogP contribution < -0.4 is 15.4 Å². The van der Waals surface area contributed by atoms with E-state index in [0.717, 1.165) is 47.7 Å². The van der Waals surface area contributed by atoms with Crippen LogP contribution in [0.2, 0.25) is 0 Å². The number of pyridine rings is 1. The number of amides is 2. The molecule has 1 atom stereocenters. The van der Waals surface area contributed by atoms with Crippen molar-refractivity contribution in [2.45, 2.75) is 37.3 Å². The van der Waals surface area contributed by atoms with Crippen LogP contribution in [0.4, 0.5) is 10.5 Å². The number of phenolic OH excluding ortho intramolecular Hbond substituents is 1. The van der Waals surface area contributed by atoms with Gasteiger partial charge in [0.15, 0.2) is 0 Å². The lowest BCUT2D eigenvalue weighted by Crippen LogP contribution is -2.50. The van der Waals surface area contributed by atoms with Gasteiger partial charge < -0.3 is 20.5 Å². The number of fused-ring (bicyclic) bond motifs is 2. The number of nitrogens with zero attached hydrogens (tertiary/aromatic N) is 1. The van der Waals surface area contributed by atoms with Crippen LogP contribution in [-0.2, 0) is 0 Å². The summed E-state index contributed by atoms with van der Waals surface area (Å²) in [5, 5.41) is 17.8. The molecule has 0 bridgehead atoms. The highest BCUT2D eigenvalue weighted by Crippen LogP contribution is 2.49. The van der Waals surface area contributed by atoms with Gasteiger partial charge in [0.1, 0.15) is 17.1 Å². The maximum atomic E-state index is 12.8. The number of ether oxygens (including phenoxy) is 1. The Morgan fingerprint density at radius 1 is 1.21 bits per heavy atom. The number of aromatic nitrogens is 1. The van der Waals surface area contributed by atoms with Gasteiger partial charge in [0, 0.05) is 41.2 Å². The van der Waals surface area contributed by atoms with Gasteiger partial charge in [-0.25, -0.2) is 4.79 Å². The molecule has 2 aliphatic rings. The molecule has 2 heterocycles. The van der Waals surface area contributed by atoms with E-state index in [1.165, 1.54) is 0 Å². The molecule has 5 rings (SSSR count). The van der Waals surface area contributed by atoms with E-state index in [0.29, 0.717) is 5.75 Å². The third kappa shape index (κ3) is 2.91. The van der Waals surface area contributed by atoms with Crippen molar-refractivity contribution in [3.8, 4) is 11.5 Å². The maximum Gasteiger partial charge on any atom is 0.319 e. The van der Waals surface area contributed by atoms with Crippen LogP contribution in [0.5, 0.6) is 11.5 Å². The first-order chi connectivity index (χ1) is 13.6. The fraction of sp³-hybridized carbons (Fsp3) is 0.273. The second-order valence-electron chi connectivity index (χ2n) is 7.62. The standard InChI is InChI=1S/C22H21N3O3/c26-15-5-6-17-19(12-22(8-2-9-22)28-20(17)11-15)25-21(27)24-18-4-1-3-14-13-23-10-7-16(14)18/h1,3-7,10-11,13,19,26H,2,8-9,12H2,(H2,24,25,27). The Hall–Kier alpha value is -3.28. The van der Waals surface area contributed by atoms with E-state index in [4.69, 9.17) is 4.74 Å². The van der Waals surface area contributed by atoms with Crippen LogP contribution in [0.1, 0.15) is 37.3 Å². The summed E-state index contributed by atoms with van der Waals surface area (Å²) in [5.41, 5.74) is 1.41. The molecule has 6 nitrogen and oxygen atoms in total. The van der Waals surface area contributed by atoms with Crippen LogP contribution in [-0.4, -0.2) is 21.7 Å². The van der Waals surface area contributed by atoms with Crippen molar-refractivity contribution in [3.05, 3.63) is 60.4 Å². The number of carbonyl (C=O) groups excluding carboxylic acids is 1. The van der Waals surface area contributed by atoms with Crippen LogP contribution in [0.3, 0.4) is 0 Å². The van der Waals surface area contributed by atoms with Crippen LogP contribution in [0.15, 0.2) is 54.9 Å². The van der Waals surface area contributed by atoms with Crippen molar-refractivity contribution >= 4 is 22.5 Å². The average molecular weight is 375 g/mol. The third-order valence-corrected chi connectivity index (χ3v) is 5.77. The zero-order chi connectivity index (χ0) is 19.1. The first kappa shape index (κ1) is 16.9. The van der Waals surface area contributed by atoms with Gasteiger partial charge in [0.05, 0.1) is 11.7 Å². The van der Waals surface area contributed by atoms with Crippen LogP contribution in [0.25, 0.3) is 10.8 Å². The number of nitrogens with one attached hydrogen (secondary N) is 2. The molecule has 6 heteroatoms. The third-order valence-electron chi connectivity index (χ3n) is 5.77. The number of anilines is 1. The Morgan fingerprint density at radius 2 is 2.11 bits per heavy atom. The Kier molecular flexibility index (Phi) is 3.86. The van der Waals surface area contributed by atoms with E-state index in [1.54, 1.807) is 24.5 Å². The van der Waals surface area contributed by atoms with Gasteiger partial charge in [-0.05, 0) is 43.5 Å². The van der Waals surface area contributed by atoms with Gasteiger partial charge in [-0.1, -0.05) is 12.1 Å². The van der Waals surface area contributed by atoms with E-state index in [-0.39, 0.29) is 23.4 Å². The number of urea groups is 1. The topological polar surface area (TPSA) is 83.5 Å². The van der Waals surface area contributed by atoms with Gasteiger partial charge in [0.25, 0.3) is 0 Å². The summed E-state index contributed by atoms with van der Waals surface area (Å²) in [6, 6.07) is 12.3. The summed E-state index contributed by atoms with van der Waals surface area (Å²) in [4.78, 5) is 16.9. The molecular weight excluding hydrogens is 354 g/mol. The number of hydrogen-bond donors (Lipinski definition) is 3. The van der Waals surface area contributed by atoms with Crippen LogP contribution >= 0.6 is 0 Å². The molecule has 1 spiro atoms. The van der Waals surface area contributed by atoms with Crippen LogP contribution in [0, 0.1) is 0 Å². The highest BCUT2D eigenvalue weighted by Gasteiger charge is 2.46. The van der Waals surface area contributed by atoms with Gasteiger partial charge in [0.2, 0.25) is 0 Å². The smallest absolute Gasteiger partial charge is 0.319 e. The van der Waals surface area contributed by atoms with Gasteiger partial charge in [-0.2, -0.15) is 0 Å². The largest absolute Gasteiger partial charge is 0.508 e. The summed E-state index contributed by atoms with van der Waals surface area (Å²) in [6.07, 6.45) is 7.29. The average Bonchev–Trinajstić information content (AvgIpc) is 2.66. The molecule has 0 saturated heterocycles. The zero-order valence-electron chi connectivity index (χ0n) is 15.3. The van der Waals surface area contributed by atoms with Gasteiger partial charge in [-0.3, -0.25) is 4.98 Å². The van der Waals surface area contributed by atoms with E-state index in [9.17, 15) is 9.90 Å². The number of benzene rings is 2. The summed E-state index contributed by atoms with van der Waals surface area (Å²) in [5.74, 6) is 0.829. The fourth-order valence-electron chi connectivity index (χ4n) is 4.21. The minimum absolute atomic E-state index is 0.165. The van der Waals surface area contributed by atoms with Gasteiger partial charge in [-0.15, -0.1) is 0 Å². The van der Waals surface area contributed by atoms with E-state index < -0.39 is 0 Å². The molecule has 3 aromatic rings. The van der Waals surface area contributed by atoms with Crippen molar-refractivity contribution < 1.29 is 14.6 Å². The lowest BCUT2D eigenvalue weighted by atomic mass is 9.73. The van der Waals surface area contributed by atoms with Crippen molar-refractivity contribution in [3.63, 3.8) is 0 Å². The lowest BCUT2D eigenvalue weighted by Gasteiger charge is -2.48. The molecule has 1 unspecified atom stereocenters. The summed E-state index contributed by atoms with van der Waals surface area (Å²) < 4.78 is 6.19. The number of carbonyl (C=O) groups is 1. The lowest BCUT2D eigenvalue weighted by molar-refractivity contribution is -0.0355. The molecule has 1 fully saturated rings. The Balaban J connectivity index is 1.40. The molecule has 1 saturated carbocycles. The Labute approximate surface area is 162 Å². The first-order valence-electron chi connectivity index (χ1n) is 9.54. The van der Waals surface area contributed by atoms with Crippen molar-refractivity contribution in [1.29, 1.82) is 0 Å². The second-order valence-corrected chi connectivity index (χ2v) is 7.62. The minimum atomic E-state index is -0.260. The Bertz CT molecular complexity index is 1060. The van der Waals surface area contributed by atoms with E-state index in [1.807, 2.05) is 30.3 Å². The molecule has 28 heavy (non-hydrogen) atoms. The molecule has 1 aliphatic heterocycles. The van der Waals surface area contributed by atoms with E-state index >= 15 is 0 Å². The fourth-order valence-corrected chi connectivity index (χ4v) is 4.21. The number of hydrogen-bond acceptors (Lipinski definition) is 4. The molecule has 3 N–H and O–H groups in total. The SMILES string of the molecule is O=C(Nc1cccc2cnccc12)NC1CC2(CCC2)Oc2cc(O)ccc21. The monoisotopic (exact) mass is 375 g/mol. The predicted octanol–water partition coefficient (Wildman–Crippen LogP) is 4.51. The molecule has 2 aromatic carbocycles. The van der Waals surface area contributed by atoms with Gasteiger partial charge >= 0.3 is 6.03 Å². The highest BCUT2D eigenvalue weighted by atomic mass is 16.5.